The summed E-state index contributed by atoms with van der Waals surface area (Å²) in [5.74, 6) is -1.51. The van der Waals surface area contributed by atoms with E-state index in [1.54, 1.807) is 19.2 Å². The van der Waals surface area contributed by atoms with Crippen LogP contribution in [-0.4, -0.2) is 40.8 Å². The Morgan fingerprint density at radius 2 is 2.00 bits per heavy atom. The van der Waals surface area contributed by atoms with Gasteiger partial charge in [0.2, 0.25) is 0 Å². The van der Waals surface area contributed by atoms with Gasteiger partial charge in [0.15, 0.2) is 0 Å². The number of ether oxygens (including phenoxy) is 1. The molecule has 26 heavy (non-hydrogen) atoms. The van der Waals surface area contributed by atoms with Crippen molar-refractivity contribution in [3.8, 4) is 5.75 Å². The Hall–Kier alpha value is -2.83. The summed E-state index contributed by atoms with van der Waals surface area (Å²) in [7, 11) is 1.54. The number of hydrogen-bond donors (Lipinski definition) is 3. The third-order valence-corrected chi connectivity index (χ3v) is 4.14. The summed E-state index contributed by atoms with van der Waals surface area (Å²) in [5.41, 5.74) is 1.72. The van der Waals surface area contributed by atoms with E-state index in [-0.39, 0.29) is 24.1 Å². The first kappa shape index (κ1) is 19.5. The summed E-state index contributed by atoms with van der Waals surface area (Å²) in [4.78, 5) is 23.9. The van der Waals surface area contributed by atoms with Gasteiger partial charge >= 0.3 is 5.97 Å². The van der Waals surface area contributed by atoms with Crippen LogP contribution in [0.1, 0.15) is 42.5 Å². The molecule has 1 unspecified atom stereocenters. The van der Waals surface area contributed by atoms with Gasteiger partial charge in [0.1, 0.15) is 11.4 Å². The molecule has 0 fully saturated rings. The van der Waals surface area contributed by atoms with E-state index in [1.807, 2.05) is 39.0 Å². The smallest absolute Gasteiger partial charge is 0.308 e. The average Bonchev–Trinajstić information content (AvgIpc) is 3.09. The zero-order valence-electron chi connectivity index (χ0n) is 15.5. The van der Waals surface area contributed by atoms with Gasteiger partial charge in [-0.05, 0) is 24.1 Å². The standard InChI is InChI=1S/C19H25N3O4/c1-19(2,3)16-10-14(21-22-16)17(23)20-11-13(18(24)25)9-12-7-5-6-8-15(12)26-4/h5-8,10,13H,9,11H2,1-4H3,(H,20,23)(H,21,22)(H,24,25). The number of aliphatic carboxylic acids is 1. The number of hydrogen-bond acceptors (Lipinski definition) is 4. The van der Waals surface area contributed by atoms with Crippen LogP contribution in [0.4, 0.5) is 0 Å². The highest BCUT2D eigenvalue weighted by atomic mass is 16.5. The average molecular weight is 359 g/mol. The van der Waals surface area contributed by atoms with Crippen LogP contribution in [0.3, 0.4) is 0 Å². The van der Waals surface area contributed by atoms with Gasteiger partial charge in [-0.3, -0.25) is 14.7 Å². The molecule has 1 heterocycles. The van der Waals surface area contributed by atoms with Crippen molar-refractivity contribution in [3.63, 3.8) is 0 Å². The lowest BCUT2D eigenvalue weighted by Gasteiger charge is -2.15. The molecule has 1 atom stereocenters. The van der Waals surface area contributed by atoms with Crippen molar-refractivity contribution in [2.75, 3.05) is 13.7 Å². The Labute approximate surface area is 152 Å². The number of para-hydroxylation sites is 1. The second-order valence-corrected chi connectivity index (χ2v) is 7.18. The van der Waals surface area contributed by atoms with Crippen LogP contribution in [-0.2, 0) is 16.6 Å². The second-order valence-electron chi connectivity index (χ2n) is 7.18. The summed E-state index contributed by atoms with van der Waals surface area (Å²) in [5, 5.41) is 19.0. The van der Waals surface area contributed by atoms with Gasteiger partial charge < -0.3 is 15.2 Å². The Bertz CT molecular complexity index is 777. The van der Waals surface area contributed by atoms with E-state index < -0.39 is 17.8 Å². The third-order valence-electron chi connectivity index (χ3n) is 4.14. The fraction of sp³-hybridized carbons (Fsp3) is 0.421. The number of methoxy groups -OCH3 is 1. The van der Waals surface area contributed by atoms with Gasteiger partial charge in [-0.15, -0.1) is 0 Å². The van der Waals surface area contributed by atoms with Crippen molar-refractivity contribution < 1.29 is 19.4 Å². The van der Waals surface area contributed by atoms with Crippen LogP contribution < -0.4 is 10.1 Å². The molecule has 0 aliphatic heterocycles. The van der Waals surface area contributed by atoms with Crippen LogP contribution >= 0.6 is 0 Å². The van der Waals surface area contributed by atoms with Crippen LogP contribution in [0.5, 0.6) is 5.75 Å². The number of carbonyl (C=O) groups is 2. The first-order chi connectivity index (χ1) is 12.2. The van der Waals surface area contributed by atoms with E-state index >= 15 is 0 Å². The molecule has 0 radical (unpaired) electrons. The lowest BCUT2D eigenvalue weighted by atomic mass is 9.92. The molecule has 140 valence electrons. The Morgan fingerprint density at radius 1 is 1.31 bits per heavy atom. The molecule has 3 N–H and O–H groups in total. The molecular formula is C19H25N3O4. The second kappa shape index (κ2) is 8.03. The first-order valence-electron chi connectivity index (χ1n) is 8.41. The van der Waals surface area contributed by atoms with Gasteiger partial charge in [-0.25, -0.2) is 0 Å². The number of carboxylic acid groups (broad SMARTS) is 1. The minimum Gasteiger partial charge on any atom is -0.496 e. The van der Waals surface area contributed by atoms with Gasteiger partial charge in [0.05, 0.1) is 13.0 Å². The minimum absolute atomic E-state index is 0.00390. The van der Waals surface area contributed by atoms with Crippen molar-refractivity contribution in [2.24, 2.45) is 5.92 Å². The van der Waals surface area contributed by atoms with Gasteiger partial charge in [0.25, 0.3) is 5.91 Å². The molecule has 1 amide bonds. The van der Waals surface area contributed by atoms with E-state index in [2.05, 4.69) is 15.5 Å². The molecule has 0 bridgehead atoms. The van der Waals surface area contributed by atoms with E-state index in [9.17, 15) is 14.7 Å². The van der Waals surface area contributed by atoms with Crippen LogP contribution in [0.15, 0.2) is 30.3 Å². The number of carboxylic acids is 1. The Morgan fingerprint density at radius 3 is 2.58 bits per heavy atom. The number of aromatic nitrogens is 2. The van der Waals surface area contributed by atoms with Crippen molar-refractivity contribution in [1.82, 2.24) is 15.5 Å². The first-order valence-corrected chi connectivity index (χ1v) is 8.41. The van der Waals surface area contributed by atoms with Gasteiger partial charge in [-0.2, -0.15) is 5.10 Å². The lowest BCUT2D eigenvalue weighted by molar-refractivity contribution is -0.141. The normalized spacial score (nSPS) is 12.5. The van der Waals surface area contributed by atoms with Crippen molar-refractivity contribution in [1.29, 1.82) is 0 Å². The quantitative estimate of drug-likeness (QED) is 0.704. The molecular weight excluding hydrogens is 334 g/mol. The lowest BCUT2D eigenvalue weighted by Crippen LogP contribution is -2.34. The number of amides is 1. The number of rotatable bonds is 7. The van der Waals surface area contributed by atoms with Crippen LogP contribution in [0.25, 0.3) is 0 Å². The third kappa shape index (κ3) is 4.84. The molecule has 7 heteroatoms. The molecule has 0 saturated heterocycles. The van der Waals surface area contributed by atoms with Crippen molar-refractivity contribution in [3.05, 3.63) is 47.3 Å². The summed E-state index contributed by atoms with van der Waals surface area (Å²) < 4.78 is 5.26. The molecule has 0 aliphatic carbocycles. The Kier molecular flexibility index (Phi) is 6.02. The number of nitrogens with one attached hydrogen (secondary N) is 2. The predicted octanol–water partition coefficient (Wildman–Crippen LogP) is 2.39. The maximum Gasteiger partial charge on any atom is 0.308 e. The van der Waals surface area contributed by atoms with Crippen molar-refractivity contribution >= 4 is 11.9 Å². The van der Waals surface area contributed by atoms with Gasteiger partial charge in [0, 0.05) is 17.7 Å². The fourth-order valence-electron chi connectivity index (χ4n) is 2.51. The summed E-state index contributed by atoms with van der Waals surface area (Å²) in [6.45, 7) is 6.03. The minimum atomic E-state index is -0.978. The van der Waals surface area contributed by atoms with Crippen LogP contribution in [0, 0.1) is 5.92 Å². The Balaban J connectivity index is 2.03. The molecule has 0 aliphatic rings. The maximum atomic E-state index is 12.3. The van der Waals surface area contributed by atoms with Crippen LogP contribution in [0.2, 0.25) is 0 Å². The highest BCUT2D eigenvalue weighted by molar-refractivity contribution is 5.92. The molecule has 0 spiro atoms. The summed E-state index contributed by atoms with van der Waals surface area (Å²) >= 11 is 0. The topological polar surface area (TPSA) is 104 Å². The summed E-state index contributed by atoms with van der Waals surface area (Å²) in [6.07, 6.45) is 0.257. The molecule has 2 aromatic rings. The van der Waals surface area contributed by atoms with E-state index in [0.717, 1.165) is 11.3 Å². The number of H-pyrrole nitrogens is 1. The van der Waals surface area contributed by atoms with Crippen molar-refractivity contribution in [2.45, 2.75) is 32.6 Å². The zero-order chi connectivity index (χ0) is 19.3. The predicted molar refractivity (Wildman–Crippen MR) is 97.4 cm³/mol. The number of carbonyl (C=O) groups excluding carboxylic acids is 1. The SMILES string of the molecule is COc1ccccc1CC(CNC(=O)c1cc(C(C)(C)C)[nH]n1)C(=O)O. The molecule has 7 nitrogen and oxygen atoms in total. The number of nitrogens with zero attached hydrogens (tertiary/aromatic N) is 1. The maximum absolute atomic E-state index is 12.3. The zero-order valence-corrected chi connectivity index (χ0v) is 15.5. The number of benzene rings is 1. The van der Waals surface area contributed by atoms with E-state index in [1.165, 1.54) is 0 Å². The molecule has 1 aromatic carbocycles. The van der Waals surface area contributed by atoms with E-state index in [0.29, 0.717) is 5.75 Å². The summed E-state index contributed by atoms with van der Waals surface area (Å²) in [6, 6.07) is 8.94. The number of aromatic amines is 1. The highest BCUT2D eigenvalue weighted by Gasteiger charge is 2.23. The molecule has 1 aromatic heterocycles. The van der Waals surface area contributed by atoms with E-state index in [4.69, 9.17) is 4.74 Å². The molecule has 0 saturated carbocycles. The highest BCUT2D eigenvalue weighted by Crippen LogP contribution is 2.22. The fourth-order valence-corrected chi connectivity index (χ4v) is 2.51. The molecule has 2 rings (SSSR count). The van der Waals surface area contributed by atoms with Gasteiger partial charge in [-0.1, -0.05) is 39.0 Å². The largest absolute Gasteiger partial charge is 0.496 e. The monoisotopic (exact) mass is 359 g/mol.